The number of hydrogen-bond donors (Lipinski definition) is 1. The maximum atomic E-state index is 12.9. The Hall–Kier alpha value is -8.84. The van der Waals surface area contributed by atoms with Crippen LogP contribution in [0, 0.1) is 0 Å². The predicted molar refractivity (Wildman–Crippen MR) is 292 cm³/mol. The minimum atomic E-state index is -0.451. The van der Waals surface area contributed by atoms with Gasteiger partial charge in [0, 0.05) is 58.1 Å². The summed E-state index contributed by atoms with van der Waals surface area (Å²) in [6, 6.07) is 53.9. The van der Waals surface area contributed by atoms with E-state index < -0.39 is 5.97 Å². The van der Waals surface area contributed by atoms with Gasteiger partial charge in [-0.3, -0.25) is 0 Å². The highest BCUT2D eigenvalue weighted by Crippen LogP contribution is 2.38. The number of nitrogens with one attached hydrogen (secondary N) is 1. The fraction of sp³-hybridized carbons (Fsp3) is 0.200. The smallest absolute Gasteiger partial charge is 0.343 e. The molecule has 0 amide bonds. The van der Waals surface area contributed by atoms with Gasteiger partial charge in [0.15, 0.2) is 0 Å². The highest BCUT2D eigenvalue weighted by Gasteiger charge is 2.12. The maximum Gasteiger partial charge on any atom is 0.343 e. The SMILES string of the molecule is C=C(C)C(=O)OCCCCCCOc1ccc(C(=O)Oc2ccc(CNc3ccc(/N=N/c4ccc(/N=N/c5ccc(/N=N/c6ccc(N(CC)CC)cc6)cc5)c5ccccc45)c4ccccc34)cc2)cc1. The lowest BCUT2D eigenvalue weighted by Crippen LogP contribution is -2.21. The predicted octanol–water partition coefficient (Wildman–Crippen LogP) is 17.0. The minimum absolute atomic E-state index is 0.350. The van der Waals surface area contributed by atoms with Crippen LogP contribution in [0.1, 0.15) is 62.4 Å². The summed E-state index contributed by atoms with van der Waals surface area (Å²) < 4.78 is 16.6. The highest BCUT2D eigenvalue weighted by molar-refractivity contribution is 6.02. The van der Waals surface area contributed by atoms with Crippen molar-refractivity contribution < 1.29 is 23.8 Å². The van der Waals surface area contributed by atoms with Gasteiger partial charge in [0.05, 0.1) is 52.9 Å². The summed E-state index contributed by atoms with van der Waals surface area (Å²) in [6.07, 6.45) is 3.56. The summed E-state index contributed by atoms with van der Waals surface area (Å²) in [5.74, 6) is 0.328. The van der Waals surface area contributed by atoms with Crippen LogP contribution in [0.2, 0.25) is 0 Å². The molecule has 0 saturated heterocycles. The van der Waals surface area contributed by atoms with Crippen molar-refractivity contribution in [3.8, 4) is 11.5 Å². The molecule has 8 aromatic rings. The third-order valence-electron chi connectivity index (χ3n) is 12.0. The van der Waals surface area contributed by atoms with Crippen LogP contribution < -0.4 is 19.7 Å². The lowest BCUT2D eigenvalue weighted by atomic mass is 10.1. The number of azo groups is 3. The molecule has 8 rings (SSSR count). The standard InChI is InChI=1S/C60H58N8O5/c1-5-68(6-2)48-29-27-47(28-30-48)63-62-45-23-25-46(26-24-45)64-65-56-37-38-58(54-18-12-11-17-53(54)56)67-66-57-36-35-55(51-15-9-10-16-52(51)57)61-41-43-19-31-50(32-20-43)73-60(70)44-21-33-49(34-22-44)71-39-13-7-8-14-40-72-59(69)42(3)4/h9-12,15-38,61H,3,5-8,13-14,39-41H2,1-2,4H3/b63-62+,65-64+,67-66+. The van der Waals surface area contributed by atoms with Gasteiger partial charge in [-0.1, -0.05) is 67.2 Å². The lowest BCUT2D eigenvalue weighted by Gasteiger charge is -2.20. The van der Waals surface area contributed by atoms with Crippen LogP contribution in [0.3, 0.4) is 0 Å². The average molecular weight is 971 g/mol. The number of hydrogen-bond acceptors (Lipinski definition) is 13. The molecule has 13 nitrogen and oxygen atoms in total. The number of benzene rings is 8. The quantitative estimate of drug-likeness (QED) is 0.0220. The summed E-state index contributed by atoms with van der Waals surface area (Å²) in [4.78, 5) is 26.7. The number of unbranched alkanes of at least 4 members (excludes halogenated alkanes) is 3. The van der Waals surface area contributed by atoms with Gasteiger partial charge in [0.1, 0.15) is 11.5 Å². The monoisotopic (exact) mass is 970 g/mol. The molecular formula is C60H58N8O5. The molecule has 13 heteroatoms. The van der Waals surface area contributed by atoms with Crippen LogP contribution in [-0.4, -0.2) is 38.2 Å². The average Bonchev–Trinajstić information content (AvgIpc) is 3.43. The van der Waals surface area contributed by atoms with E-state index in [2.05, 4.69) is 69.3 Å². The summed E-state index contributed by atoms with van der Waals surface area (Å²) in [6.45, 7) is 12.9. The third kappa shape index (κ3) is 13.9. The van der Waals surface area contributed by atoms with E-state index in [9.17, 15) is 9.59 Å². The summed E-state index contributed by atoms with van der Waals surface area (Å²) in [5, 5.41) is 34.8. The molecule has 368 valence electrons. The van der Waals surface area contributed by atoms with Crippen molar-refractivity contribution in [3.63, 3.8) is 0 Å². The number of carbonyl (C=O) groups is 2. The van der Waals surface area contributed by atoms with E-state index in [1.807, 2.05) is 115 Å². The van der Waals surface area contributed by atoms with E-state index in [0.717, 1.165) is 88.6 Å². The number of ether oxygens (including phenoxy) is 3. The first kappa shape index (κ1) is 50.5. The van der Waals surface area contributed by atoms with Gasteiger partial charge < -0.3 is 24.4 Å². The van der Waals surface area contributed by atoms with Crippen LogP contribution >= 0.6 is 0 Å². The molecule has 0 aliphatic rings. The van der Waals surface area contributed by atoms with Crippen LogP contribution in [0.15, 0.2) is 213 Å². The molecule has 0 aromatic heterocycles. The number of fused-ring (bicyclic) bond motifs is 2. The van der Waals surface area contributed by atoms with Crippen molar-refractivity contribution in [1.82, 2.24) is 0 Å². The fourth-order valence-corrected chi connectivity index (χ4v) is 7.97. The zero-order valence-corrected chi connectivity index (χ0v) is 41.4. The maximum absolute atomic E-state index is 12.9. The normalized spacial score (nSPS) is 11.4. The van der Waals surface area contributed by atoms with E-state index in [4.69, 9.17) is 24.4 Å². The first-order chi connectivity index (χ1) is 35.7. The summed E-state index contributed by atoms with van der Waals surface area (Å²) >= 11 is 0. The van der Waals surface area contributed by atoms with Gasteiger partial charge >= 0.3 is 11.9 Å². The Morgan fingerprint density at radius 3 is 1.56 bits per heavy atom. The molecule has 0 unspecified atom stereocenters. The van der Waals surface area contributed by atoms with E-state index in [-0.39, 0.29) is 5.97 Å². The topological polar surface area (TPSA) is 151 Å². The third-order valence-corrected chi connectivity index (χ3v) is 12.0. The van der Waals surface area contributed by atoms with Gasteiger partial charge in [-0.2, -0.15) is 15.3 Å². The molecule has 8 aromatic carbocycles. The van der Waals surface area contributed by atoms with Crippen molar-refractivity contribution in [3.05, 3.63) is 193 Å². The van der Waals surface area contributed by atoms with Crippen LogP contribution in [0.4, 0.5) is 45.5 Å². The summed E-state index contributed by atoms with van der Waals surface area (Å²) in [7, 11) is 0. The molecule has 73 heavy (non-hydrogen) atoms. The van der Waals surface area contributed by atoms with Crippen molar-refractivity contribution in [2.24, 2.45) is 30.7 Å². The Labute approximate surface area is 426 Å². The van der Waals surface area contributed by atoms with Crippen molar-refractivity contribution in [2.75, 3.05) is 36.5 Å². The Balaban J connectivity index is 0.831. The second kappa shape index (κ2) is 25.3. The van der Waals surface area contributed by atoms with Gasteiger partial charge in [-0.05, 0) is 161 Å². The molecular weight excluding hydrogens is 913 g/mol. The zero-order valence-electron chi connectivity index (χ0n) is 41.4. The number of esters is 2. The second-order valence-corrected chi connectivity index (χ2v) is 17.2. The fourth-order valence-electron chi connectivity index (χ4n) is 7.97. The largest absolute Gasteiger partial charge is 0.494 e. The Morgan fingerprint density at radius 1 is 0.521 bits per heavy atom. The van der Waals surface area contributed by atoms with Crippen LogP contribution in [-0.2, 0) is 16.1 Å². The van der Waals surface area contributed by atoms with Crippen LogP contribution in [0.5, 0.6) is 11.5 Å². The Kier molecular flexibility index (Phi) is 17.5. The highest BCUT2D eigenvalue weighted by atomic mass is 16.5. The first-order valence-electron chi connectivity index (χ1n) is 24.6. The molecule has 0 atom stereocenters. The molecule has 0 radical (unpaired) electrons. The zero-order chi connectivity index (χ0) is 50.8. The Bertz CT molecular complexity index is 3240. The summed E-state index contributed by atoms with van der Waals surface area (Å²) in [5.41, 5.74) is 8.35. The molecule has 0 saturated carbocycles. The number of nitrogens with zero attached hydrogens (tertiary/aromatic N) is 7. The van der Waals surface area contributed by atoms with Crippen molar-refractivity contribution in [1.29, 1.82) is 0 Å². The number of carbonyl (C=O) groups excluding carboxylic acids is 2. The van der Waals surface area contributed by atoms with E-state index in [1.165, 1.54) is 5.69 Å². The minimum Gasteiger partial charge on any atom is -0.494 e. The van der Waals surface area contributed by atoms with Crippen LogP contribution in [0.25, 0.3) is 21.5 Å². The lowest BCUT2D eigenvalue weighted by molar-refractivity contribution is -0.139. The van der Waals surface area contributed by atoms with Crippen molar-refractivity contribution in [2.45, 2.75) is 53.0 Å². The van der Waals surface area contributed by atoms with E-state index >= 15 is 0 Å². The van der Waals surface area contributed by atoms with Gasteiger partial charge in [-0.25, -0.2) is 9.59 Å². The molecule has 0 heterocycles. The number of rotatable bonds is 23. The molecule has 0 bridgehead atoms. The number of anilines is 2. The van der Waals surface area contributed by atoms with Gasteiger partial charge in [-0.15, -0.1) is 15.3 Å². The molecule has 0 aliphatic carbocycles. The van der Waals surface area contributed by atoms with E-state index in [0.29, 0.717) is 59.5 Å². The second-order valence-electron chi connectivity index (χ2n) is 17.2. The van der Waals surface area contributed by atoms with Gasteiger partial charge in [0.25, 0.3) is 0 Å². The van der Waals surface area contributed by atoms with E-state index in [1.54, 1.807) is 43.3 Å². The van der Waals surface area contributed by atoms with Crippen molar-refractivity contribution >= 4 is 79.0 Å². The molecule has 1 N–H and O–H groups in total. The van der Waals surface area contributed by atoms with Gasteiger partial charge in [0.2, 0.25) is 0 Å². The molecule has 0 fully saturated rings. The Morgan fingerprint density at radius 2 is 1.00 bits per heavy atom. The molecule has 0 aliphatic heterocycles. The first-order valence-corrected chi connectivity index (χ1v) is 24.6. The molecule has 0 spiro atoms.